The van der Waals surface area contributed by atoms with Gasteiger partial charge < -0.3 is 9.84 Å². The zero-order valence-corrected chi connectivity index (χ0v) is 13.6. The topological polar surface area (TPSA) is 87.4 Å². The minimum atomic E-state index is -3.49. The Labute approximate surface area is 138 Å². The van der Waals surface area contributed by atoms with E-state index in [1.807, 2.05) is 6.07 Å². The molecule has 0 spiro atoms. The Hall–Kier alpha value is -2.43. The molecule has 3 rings (SSSR count). The number of ether oxygens (including phenoxy) is 1. The number of rotatable bonds is 3. The lowest BCUT2D eigenvalue weighted by atomic mass is 10.1. The zero-order valence-electron chi connectivity index (χ0n) is 12.8. The van der Waals surface area contributed by atoms with Crippen LogP contribution < -0.4 is 4.74 Å². The van der Waals surface area contributed by atoms with Crippen LogP contribution in [0.4, 0.5) is 4.39 Å². The third kappa shape index (κ3) is 2.98. The average Bonchev–Trinajstić information content (AvgIpc) is 2.88. The summed E-state index contributed by atoms with van der Waals surface area (Å²) < 4.78 is 43.0. The molecule has 0 saturated carbocycles. The summed E-state index contributed by atoms with van der Waals surface area (Å²) in [6, 6.07) is 8.34. The first-order chi connectivity index (χ1) is 11.3. The Bertz CT molecular complexity index is 963. The number of halogens is 1. The standard InChI is InChI=1S/C17H14FNO4S/c1-24(21,22)16-5-4-15(13-2-3-14(20)17(13)16)23-12-7-10(9-19)6-11(18)8-12/h4-8,14,20H,2-3H2,1H3. The number of aliphatic hydroxyl groups excluding tert-OH is 1. The van der Waals surface area contributed by atoms with Gasteiger partial charge in [0.15, 0.2) is 9.84 Å². The number of hydrogen-bond donors (Lipinski definition) is 1. The van der Waals surface area contributed by atoms with E-state index in [-0.39, 0.29) is 16.2 Å². The van der Waals surface area contributed by atoms with Crippen LogP contribution in [0.2, 0.25) is 0 Å². The molecular weight excluding hydrogens is 333 g/mol. The normalized spacial score (nSPS) is 16.5. The smallest absolute Gasteiger partial charge is 0.175 e. The van der Waals surface area contributed by atoms with Crippen LogP contribution in [0.3, 0.4) is 0 Å². The summed E-state index contributed by atoms with van der Waals surface area (Å²) in [5.41, 5.74) is 1.05. The Balaban J connectivity index is 2.09. The molecule has 0 saturated heterocycles. The molecule has 24 heavy (non-hydrogen) atoms. The molecule has 124 valence electrons. The van der Waals surface area contributed by atoms with Crippen LogP contribution in [0.1, 0.15) is 29.2 Å². The van der Waals surface area contributed by atoms with Crippen molar-refractivity contribution in [2.75, 3.05) is 6.26 Å². The Morgan fingerprint density at radius 1 is 1.33 bits per heavy atom. The molecule has 2 aromatic rings. The number of benzene rings is 2. The quantitative estimate of drug-likeness (QED) is 0.922. The molecule has 0 fully saturated rings. The lowest BCUT2D eigenvalue weighted by Crippen LogP contribution is -2.05. The zero-order chi connectivity index (χ0) is 17.5. The van der Waals surface area contributed by atoms with Crippen molar-refractivity contribution >= 4 is 9.84 Å². The maximum atomic E-state index is 13.5. The van der Waals surface area contributed by atoms with Gasteiger partial charge in [-0.15, -0.1) is 0 Å². The van der Waals surface area contributed by atoms with Crippen LogP contribution in [0.25, 0.3) is 0 Å². The monoisotopic (exact) mass is 347 g/mol. The van der Waals surface area contributed by atoms with Gasteiger partial charge in [0.1, 0.15) is 17.3 Å². The minimum absolute atomic E-state index is 0.0757. The van der Waals surface area contributed by atoms with E-state index in [0.717, 1.165) is 18.4 Å². The van der Waals surface area contributed by atoms with E-state index in [1.54, 1.807) is 0 Å². The van der Waals surface area contributed by atoms with Gasteiger partial charge in [-0.2, -0.15) is 5.26 Å². The highest BCUT2D eigenvalue weighted by Crippen LogP contribution is 2.42. The van der Waals surface area contributed by atoms with Gasteiger partial charge in [0.05, 0.1) is 22.6 Å². The van der Waals surface area contributed by atoms with Crippen molar-refractivity contribution < 1.29 is 22.7 Å². The molecule has 0 heterocycles. The molecule has 7 heteroatoms. The fourth-order valence-electron chi connectivity index (χ4n) is 2.90. The van der Waals surface area contributed by atoms with Crippen LogP contribution in [0, 0.1) is 17.1 Å². The molecule has 5 nitrogen and oxygen atoms in total. The summed E-state index contributed by atoms with van der Waals surface area (Å²) in [6.07, 6.45) is 1.05. The van der Waals surface area contributed by atoms with E-state index in [2.05, 4.69) is 0 Å². The maximum Gasteiger partial charge on any atom is 0.175 e. The third-order valence-corrected chi connectivity index (χ3v) is 5.06. The minimum Gasteiger partial charge on any atom is -0.457 e. The Kier molecular flexibility index (Phi) is 4.03. The van der Waals surface area contributed by atoms with Crippen molar-refractivity contribution in [3.05, 3.63) is 52.8 Å². The summed E-state index contributed by atoms with van der Waals surface area (Å²) >= 11 is 0. The van der Waals surface area contributed by atoms with Gasteiger partial charge in [0.25, 0.3) is 0 Å². The lowest BCUT2D eigenvalue weighted by Gasteiger charge is -2.15. The van der Waals surface area contributed by atoms with Crippen LogP contribution in [-0.4, -0.2) is 19.8 Å². The van der Waals surface area contributed by atoms with Gasteiger partial charge in [-0.3, -0.25) is 0 Å². The SMILES string of the molecule is CS(=O)(=O)c1ccc(Oc2cc(F)cc(C#N)c2)c2c1C(O)CC2. The van der Waals surface area contributed by atoms with Crippen molar-refractivity contribution in [1.29, 1.82) is 5.26 Å². The Morgan fingerprint density at radius 3 is 2.75 bits per heavy atom. The second-order valence-electron chi connectivity index (χ2n) is 5.67. The van der Waals surface area contributed by atoms with Crippen LogP contribution in [0.5, 0.6) is 11.5 Å². The number of aliphatic hydroxyl groups is 1. The maximum absolute atomic E-state index is 13.5. The molecule has 0 amide bonds. The molecule has 0 radical (unpaired) electrons. The van der Waals surface area contributed by atoms with E-state index in [4.69, 9.17) is 10.00 Å². The second-order valence-corrected chi connectivity index (χ2v) is 7.65. The summed E-state index contributed by atoms with van der Waals surface area (Å²) in [5, 5.41) is 19.0. The first-order valence-electron chi connectivity index (χ1n) is 7.22. The van der Waals surface area contributed by atoms with Crippen LogP contribution in [0.15, 0.2) is 35.2 Å². The summed E-state index contributed by atoms with van der Waals surface area (Å²) in [6.45, 7) is 0. The number of fused-ring (bicyclic) bond motifs is 1. The Morgan fingerprint density at radius 2 is 2.08 bits per heavy atom. The van der Waals surface area contributed by atoms with E-state index >= 15 is 0 Å². The second kappa shape index (κ2) is 5.89. The lowest BCUT2D eigenvalue weighted by molar-refractivity contribution is 0.177. The first-order valence-corrected chi connectivity index (χ1v) is 9.11. The first kappa shape index (κ1) is 16.4. The van der Waals surface area contributed by atoms with E-state index in [1.165, 1.54) is 18.2 Å². The molecular formula is C17H14FNO4S. The third-order valence-electron chi connectivity index (χ3n) is 3.90. The van der Waals surface area contributed by atoms with E-state index < -0.39 is 21.8 Å². The van der Waals surface area contributed by atoms with Gasteiger partial charge in [0.2, 0.25) is 0 Å². The summed E-state index contributed by atoms with van der Waals surface area (Å²) in [7, 11) is -3.49. The molecule has 1 aliphatic rings. The van der Waals surface area contributed by atoms with Gasteiger partial charge in [-0.05, 0) is 37.1 Å². The number of hydrogen-bond acceptors (Lipinski definition) is 5. The number of nitrogens with zero attached hydrogens (tertiary/aromatic N) is 1. The molecule has 1 aliphatic carbocycles. The fraction of sp³-hybridized carbons (Fsp3) is 0.235. The highest BCUT2D eigenvalue weighted by Gasteiger charge is 2.30. The molecule has 1 atom stereocenters. The fourth-order valence-corrected chi connectivity index (χ4v) is 3.88. The predicted octanol–water partition coefficient (Wildman–Crippen LogP) is 2.87. The van der Waals surface area contributed by atoms with Crippen LogP contribution in [-0.2, 0) is 16.3 Å². The highest BCUT2D eigenvalue weighted by molar-refractivity contribution is 7.90. The van der Waals surface area contributed by atoms with Crippen LogP contribution >= 0.6 is 0 Å². The summed E-state index contributed by atoms with van der Waals surface area (Å²) in [4.78, 5) is 0.0757. The van der Waals surface area contributed by atoms with Crippen molar-refractivity contribution in [2.24, 2.45) is 0 Å². The van der Waals surface area contributed by atoms with E-state index in [0.29, 0.717) is 29.7 Å². The molecule has 1 N–H and O–H groups in total. The highest BCUT2D eigenvalue weighted by atomic mass is 32.2. The summed E-state index contributed by atoms with van der Waals surface area (Å²) in [5.74, 6) is -0.112. The predicted molar refractivity (Wildman–Crippen MR) is 84.0 cm³/mol. The van der Waals surface area contributed by atoms with Gasteiger partial charge >= 0.3 is 0 Å². The van der Waals surface area contributed by atoms with Gasteiger partial charge in [-0.25, -0.2) is 12.8 Å². The van der Waals surface area contributed by atoms with Gasteiger partial charge in [0, 0.05) is 23.4 Å². The van der Waals surface area contributed by atoms with Gasteiger partial charge in [-0.1, -0.05) is 0 Å². The molecule has 1 unspecified atom stereocenters. The van der Waals surface area contributed by atoms with Crippen molar-refractivity contribution in [3.8, 4) is 17.6 Å². The van der Waals surface area contributed by atoms with E-state index in [9.17, 15) is 17.9 Å². The van der Waals surface area contributed by atoms with Crippen molar-refractivity contribution in [2.45, 2.75) is 23.8 Å². The largest absolute Gasteiger partial charge is 0.457 e. The molecule has 0 bridgehead atoms. The molecule has 0 aromatic heterocycles. The number of nitriles is 1. The average molecular weight is 347 g/mol. The van der Waals surface area contributed by atoms with Crippen molar-refractivity contribution in [3.63, 3.8) is 0 Å². The number of sulfone groups is 1. The molecule has 2 aromatic carbocycles. The molecule has 0 aliphatic heterocycles. The van der Waals surface area contributed by atoms with Crippen molar-refractivity contribution in [1.82, 2.24) is 0 Å².